The SMILES string of the molecule is Cn1ccc2ccc(-c3cc(NC(NC(=O)c4ccncc4)c4cccnn4)cc4nccnc34)cc21. The molecule has 0 spiro atoms. The summed E-state index contributed by atoms with van der Waals surface area (Å²) in [5, 5.41) is 15.8. The highest BCUT2D eigenvalue weighted by Crippen LogP contribution is 2.33. The molecule has 0 bridgehead atoms. The summed E-state index contributed by atoms with van der Waals surface area (Å²) in [5.74, 6) is -0.263. The molecule has 1 amide bonds. The molecule has 1 unspecified atom stereocenters. The van der Waals surface area contributed by atoms with E-state index in [2.05, 4.69) is 64.6 Å². The first-order valence-electron chi connectivity index (χ1n) is 11.7. The maximum Gasteiger partial charge on any atom is 0.253 e. The molecule has 37 heavy (non-hydrogen) atoms. The van der Waals surface area contributed by atoms with Crippen molar-refractivity contribution < 1.29 is 4.79 Å². The first kappa shape index (κ1) is 22.3. The summed E-state index contributed by atoms with van der Waals surface area (Å²) >= 11 is 0. The van der Waals surface area contributed by atoms with Gasteiger partial charge >= 0.3 is 0 Å². The molecule has 9 nitrogen and oxygen atoms in total. The number of carbonyl (C=O) groups excluding carboxylic acids is 1. The Morgan fingerprint density at radius 2 is 1.78 bits per heavy atom. The predicted molar refractivity (Wildman–Crippen MR) is 142 cm³/mol. The van der Waals surface area contributed by atoms with Gasteiger partial charge in [0.25, 0.3) is 5.91 Å². The van der Waals surface area contributed by atoms with Gasteiger partial charge in [-0.05, 0) is 59.5 Å². The Morgan fingerprint density at radius 3 is 2.62 bits per heavy atom. The highest BCUT2D eigenvalue weighted by atomic mass is 16.1. The van der Waals surface area contributed by atoms with Crippen LogP contribution >= 0.6 is 0 Å². The largest absolute Gasteiger partial charge is 0.360 e. The maximum absolute atomic E-state index is 13.0. The van der Waals surface area contributed by atoms with Crippen LogP contribution in [0.2, 0.25) is 0 Å². The van der Waals surface area contributed by atoms with E-state index < -0.39 is 6.17 Å². The zero-order chi connectivity index (χ0) is 25.2. The van der Waals surface area contributed by atoms with Gasteiger partial charge in [-0.15, -0.1) is 0 Å². The van der Waals surface area contributed by atoms with Crippen molar-refractivity contribution in [2.24, 2.45) is 7.05 Å². The molecule has 2 aromatic carbocycles. The third-order valence-corrected chi connectivity index (χ3v) is 6.19. The number of aromatic nitrogens is 6. The molecule has 0 saturated heterocycles. The Hall–Kier alpha value is -5.18. The maximum atomic E-state index is 13.0. The van der Waals surface area contributed by atoms with Crippen LogP contribution in [0.25, 0.3) is 33.1 Å². The van der Waals surface area contributed by atoms with Gasteiger partial charge in [0.2, 0.25) is 0 Å². The first-order valence-corrected chi connectivity index (χ1v) is 11.7. The smallest absolute Gasteiger partial charge is 0.253 e. The van der Waals surface area contributed by atoms with E-state index in [0.717, 1.165) is 38.8 Å². The van der Waals surface area contributed by atoms with Gasteiger partial charge in [0.05, 0.1) is 11.0 Å². The summed E-state index contributed by atoms with van der Waals surface area (Å²) in [5.41, 5.74) is 6.39. The molecule has 2 N–H and O–H groups in total. The second kappa shape index (κ2) is 9.46. The minimum Gasteiger partial charge on any atom is -0.360 e. The number of hydrogen-bond donors (Lipinski definition) is 2. The number of benzene rings is 2. The van der Waals surface area contributed by atoms with Crippen LogP contribution in [-0.4, -0.2) is 35.6 Å². The number of nitrogens with zero attached hydrogens (tertiary/aromatic N) is 6. The van der Waals surface area contributed by atoms with Crippen LogP contribution in [0.5, 0.6) is 0 Å². The quantitative estimate of drug-likeness (QED) is 0.333. The monoisotopic (exact) mass is 486 g/mol. The fourth-order valence-corrected chi connectivity index (χ4v) is 4.34. The van der Waals surface area contributed by atoms with Crippen LogP contribution in [0.4, 0.5) is 5.69 Å². The third-order valence-electron chi connectivity index (χ3n) is 6.19. The molecule has 0 aliphatic heterocycles. The van der Waals surface area contributed by atoms with E-state index in [0.29, 0.717) is 11.3 Å². The molecule has 0 radical (unpaired) electrons. The average Bonchev–Trinajstić information content (AvgIpc) is 3.33. The number of anilines is 1. The van der Waals surface area contributed by atoms with Crippen molar-refractivity contribution >= 4 is 33.5 Å². The van der Waals surface area contributed by atoms with Crippen molar-refractivity contribution in [3.8, 4) is 11.1 Å². The van der Waals surface area contributed by atoms with Gasteiger partial charge in [-0.1, -0.05) is 12.1 Å². The van der Waals surface area contributed by atoms with Crippen LogP contribution < -0.4 is 10.6 Å². The first-order chi connectivity index (χ1) is 18.2. The minimum atomic E-state index is -0.647. The number of aryl methyl sites for hydroxylation is 1. The Morgan fingerprint density at radius 1 is 0.919 bits per heavy atom. The number of rotatable bonds is 6. The lowest BCUT2D eigenvalue weighted by molar-refractivity contribution is 0.0940. The van der Waals surface area contributed by atoms with Crippen LogP contribution in [0.15, 0.2) is 97.8 Å². The van der Waals surface area contributed by atoms with Crippen molar-refractivity contribution in [2.75, 3.05) is 5.32 Å². The Bertz CT molecular complexity index is 1720. The minimum absolute atomic E-state index is 0.263. The van der Waals surface area contributed by atoms with Gasteiger partial charge in [-0.2, -0.15) is 10.2 Å². The summed E-state index contributed by atoms with van der Waals surface area (Å²) in [4.78, 5) is 26.2. The molecule has 6 aromatic rings. The van der Waals surface area contributed by atoms with Gasteiger partial charge in [0.1, 0.15) is 11.9 Å². The summed E-state index contributed by atoms with van der Waals surface area (Å²) < 4.78 is 2.09. The normalized spacial score (nSPS) is 11.9. The topological polar surface area (TPSA) is 111 Å². The fraction of sp³-hybridized carbons (Fsp3) is 0.0714. The van der Waals surface area contributed by atoms with Crippen molar-refractivity contribution in [2.45, 2.75) is 6.17 Å². The van der Waals surface area contributed by atoms with Crippen molar-refractivity contribution in [1.82, 2.24) is 35.0 Å². The van der Waals surface area contributed by atoms with Gasteiger partial charge in [0, 0.05) is 66.6 Å². The molecular formula is C28H22N8O. The average molecular weight is 487 g/mol. The lowest BCUT2D eigenvalue weighted by Gasteiger charge is -2.21. The number of nitrogens with one attached hydrogen (secondary N) is 2. The van der Waals surface area contributed by atoms with Gasteiger partial charge in [0.15, 0.2) is 0 Å². The Balaban J connectivity index is 1.42. The summed E-state index contributed by atoms with van der Waals surface area (Å²) in [6.07, 6.45) is 9.51. The van der Waals surface area contributed by atoms with Crippen LogP contribution in [0.1, 0.15) is 22.2 Å². The molecule has 9 heteroatoms. The zero-order valence-electron chi connectivity index (χ0n) is 19.9. The number of carbonyl (C=O) groups is 1. The van der Waals surface area contributed by atoms with Gasteiger partial charge < -0.3 is 15.2 Å². The molecule has 180 valence electrons. The van der Waals surface area contributed by atoms with E-state index in [1.165, 1.54) is 0 Å². The van der Waals surface area contributed by atoms with Gasteiger partial charge in [-0.3, -0.25) is 19.7 Å². The zero-order valence-corrected chi connectivity index (χ0v) is 19.9. The molecular weight excluding hydrogens is 464 g/mol. The number of amides is 1. The third kappa shape index (κ3) is 4.45. The van der Waals surface area contributed by atoms with Crippen LogP contribution in [0, 0.1) is 0 Å². The van der Waals surface area contributed by atoms with Crippen molar-refractivity contribution in [1.29, 1.82) is 0 Å². The standard InChI is InChI=1S/C28H22N8O/c1-36-14-8-18-4-5-20(15-25(18)36)22-16-21(17-24-26(22)31-13-12-30-24)33-27(23-3-2-9-32-35-23)34-28(37)19-6-10-29-11-7-19/h2-17,27,33H,1H3,(H,34,37). The molecule has 0 fully saturated rings. The van der Waals surface area contributed by atoms with Crippen molar-refractivity contribution in [3.63, 3.8) is 0 Å². The molecule has 1 atom stereocenters. The molecule has 6 rings (SSSR count). The van der Waals surface area contributed by atoms with Crippen molar-refractivity contribution in [3.05, 3.63) is 109 Å². The second-order valence-electron chi connectivity index (χ2n) is 8.58. The summed E-state index contributed by atoms with van der Waals surface area (Å²) in [6.45, 7) is 0. The second-order valence-corrected chi connectivity index (χ2v) is 8.58. The molecule has 0 aliphatic carbocycles. The van der Waals surface area contributed by atoms with E-state index in [1.807, 2.05) is 31.4 Å². The highest BCUT2D eigenvalue weighted by Gasteiger charge is 2.19. The highest BCUT2D eigenvalue weighted by molar-refractivity contribution is 5.97. The summed E-state index contributed by atoms with van der Waals surface area (Å²) in [6, 6.07) is 19.3. The van der Waals surface area contributed by atoms with E-state index in [9.17, 15) is 4.79 Å². The van der Waals surface area contributed by atoms with Crippen LogP contribution in [0.3, 0.4) is 0 Å². The van der Waals surface area contributed by atoms with Gasteiger partial charge in [-0.25, -0.2) is 0 Å². The van der Waals surface area contributed by atoms with E-state index in [4.69, 9.17) is 0 Å². The van der Waals surface area contributed by atoms with E-state index >= 15 is 0 Å². The number of fused-ring (bicyclic) bond motifs is 2. The lowest BCUT2D eigenvalue weighted by atomic mass is 10.0. The van der Waals surface area contributed by atoms with E-state index in [-0.39, 0.29) is 5.91 Å². The number of hydrogen-bond acceptors (Lipinski definition) is 7. The summed E-state index contributed by atoms with van der Waals surface area (Å²) in [7, 11) is 2.03. The Labute approximate surface area is 212 Å². The lowest BCUT2D eigenvalue weighted by Crippen LogP contribution is -2.34. The molecule has 0 aliphatic rings. The fourth-order valence-electron chi connectivity index (χ4n) is 4.34. The number of pyridine rings is 1. The van der Waals surface area contributed by atoms with E-state index in [1.54, 1.807) is 49.2 Å². The molecule has 4 heterocycles. The molecule has 4 aromatic heterocycles. The molecule has 0 saturated carbocycles. The Kier molecular flexibility index (Phi) is 5.70. The predicted octanol–water partition coefficient (Wildman–Crippen LogP) is 4.51. The van der Waals surface area contributed by atoms with Crippen LogP contribution in [-0.2, 0) is 7.05 Å².